The second-order valence-corrected chi connectivity index (χ2v) is 9.44. The Morgan fingerprint density at radius 2 is 1.86 bits per heavy atom. The van der Waals surface area contributed by atoms with Gasteiger partial charge in [-0.25, -0.2) is 18.1 Å². The summed E-state index contributed by atoms with van der Waals surface area (Å²) in [6.07, 6.45) is 7.37. The van der Waals surface area contributed by atoms with Crippen LogP contribution in [0.3, 0.4) is 0 Å². The number of carbonyl (C=O) groups is 1. The van der Waals surface area contributed by atoms with Crippen molar-refractivity contribution >= 4 is 21.6 Å². The van der Waals surface area contributed by atoms with Gasteiger partial charge in [0.2, 0.25) is 15.9 Å². The standard InChI is InChI=1S/C20H28N4O3S/c1-15-3-7-19(8-4-15)23-28(26,27)14-20(25)22-18-9-5-17(6-10-18)13-24-12-11-21-16(24)2/h5-6,9-12,15,19,23H,3-4,7-8,13-14H2,1-2H3,(H,22,25). The van der Waals surface area contributed by atoms with E-state index in [1.54, 1.807) is 18.3 Å². The molecule has 1 aromatic heterocycles. The van der Waals surface area contributed by atoms with Crippen molar-refractivity contribution in [2.24, 2.45) is 5.92 Å². The summed E-state index contributed by atoms with van der Waals surface area (Å²) in [5.74, 6) is 0.483. The Hall–Kier alpha value is -2.19. The minimum atomic E-state index is -3.64. The Morgan fingerprint density at radius 3 is 2.46 bits per heavy atom. The van der Waals surface area contributed by atoms with Crippen LogP contribution in [-0.4, -0.2) is 35.7 Å². The number of rotatable bonds is 7. The van der Waals surface area contributed by atoms with E-state index in [2.05, 4.69) is 21.9 Å². The van der Waals surface area contributed by atoms with Crippen molar-refractivity contribution in [3.05, 3.63) is 48.0 Å². The molecule has 0 saturated heterocycles. The van der Waals surface area contributed by atoms with Crippen LogP contribution < -0.4 is 10.0 Å². The van der Waals surface area contributed by atoms with Gasteiger partial charge in [-0.1, -0.05) is 19.1 Å². The van der Waals surface area contributed by atoms with Crippen molar-refractivity contribution in [3.8, 4) is 0 Å². The van der Waals surface area contributed by atoms with E-state index in [1.165, 1.54) is 0 Å². The zero-order chi connectivity index (χ0) is 20.1. The number of amides is 1. The molecule has 1 aromatic carbocycles. The minimum Gasteiger partial charge on any atom is -0.331 e. The van der Waals surface area contributed by atoms with Gasteiger partial charge in [-0.2, -0.15) is 0 Å². The van der Waals surface area contributed by atoms with Gasteiger partial charge in [0.25, 0.3) is 0 Å². The highest BCUT2D eigenvalue weighted by molar-refractivity contribution is 7.90. The first-order valence-corrected chi connectivity index (χ1v) is 11.3. The van der Waals surface area contributed by atoms with E-state index < -0.39 is 21.7 Å². The molecule has 0 aliphatic heterocycles. The van der Waals surface area contributed by atoms with Crippen LogP contribution >= 0.6 is 0 Å². The molecule has 2 aromatic rings. The summed E-state index contributed by atoms with van der Waals surface area (Å²) in [6, 6.07) is 7.32. The zero-order valence-electron chi connectivity index (χ0n) is 16.4. The molecule has 7 nitrogen and oxygen atoms in total. The van der Waals surface area contributed by atoms with Crippen molar-refractivity contribution in [3.63, 3.8) is 0 Å². The molecule has 1 saturated carbocycles. The molecule has 0 atom stereocenters. The molecule has 3 rings (SSSR count). The fourth-order valence-electron chi connectivity index (χ4n) is 3.50. The van der Waals surface area contributed by atoms with Crippen LogP contribution in [0.5, 0.6) is 0 Å². The lowest BCUT2D eigenvalue weighted by molar-refractivity contribution is -0.113. The third-order valence-electron chi connectivity index (χ3n) is 5.20. The van der Waals surface area contributed by atoms with Crippen molar-refractivity contribution in [1.82, 2.24) is 14.3 Å². The number of benzene rings is 1. The van der Waals surface area contributed by atoms with Gasteiger partial charge < -0.3 is 9.88 Å². The normalized spacial score (nSPS) is 20.1. The van der Waals surface area contributed by atoms with E-state index in [-0.39, 0.29) is 6.04 Å². The third-order valence-corrected chi connectivity index (χ3v) is 6.53. The molecule has 1 aliphatic rings. The number of anilines is 1. The smallest absolute Gasteiger partial charge is 0.240 e. The van der Waals surface area contributed by atoms with Crippen LogP contribution in [0.25, 0.3) is 0 Å². The van der Waals surface area contributed by atoms with Gasteiger partial charge in [-0.15, -0.1) is 0 Å². The number of hydrogen-bond acceptors (Lipinski definition) is 4. The first kappa shape index (κ1) is 20.5. The third kappa shape index (κ3) is 5.90. The summed E-state index contributed by atoms with van der Waals surface area (Å²) in [4.78, 5) is 16.4. The van der Waals surface area contributed by atoms with Gasteiger partial charge >= 0.3 is 0 Å². The van der Waals surface area contributed by atoms with Crippen molar-refractivity contribution < 1.29 is 13.2 Å². The first-order valence-electron chi connectivity index (χ1n) is 9.67. The highest BCUT2D eigenvalue weighted by Gasteiger charge is 2.24. The molecule has 1 aliphatic carbocycles. The van der Waals surface area contributed by atoms with Crippen LogP contribution in [0.15, 0.2) is 36.7 Å². The molecule has 0 radical (unpaired) electrons. The largest absolute Gasteiger partial charge is 0.331 e. The van der Waals surface area contributed by atoms with Crippen LogP contribution in [0.2, 0.25) is 0 Å². The van der Waals surface area contributed by atoms with Crippen LogP contribution in [0, 0.1) is 12.8 Å². The summed E-state index contributed by atoms with van der Waals surface area (Å²) in [5, 5.41) is 2.66. The highest BCUT2D eigenvalue weighted by Crippen LogP contribution is 2.23. The van der Waals surface area contributed by atoms with Gasteiger partial charge in [-0.05, 0) is 56.2 Å². The number of carbonyl (C=O) groups excluding carboxylic acids is 1. The summed E-state index contributed by atoms with van der Waals surface area (Å²) in [7, 11) is -3.64. The molecule has 1 amide bonds. The quantitative estimate of drug-likeness (QED) is 0.742. The molecule has 28 heavy (non-hydrogen) atoms. The topological polar surface area (TPSA) is 93.1 Å². The molecule has 152 valence electrons. The SMILES string of the molecule is Cc1nccn1Cc1ccc(NC(=O)CS(=O)(=O)NC2CCC(C)CC2)cc1. The summed E-state index contributed by atoms with van der Waals surface area (Å²) >= 11 is 0. The lowest BCUT2D eigenvalue weighted by atomic mass is 9.88. The minimum absolute atomic E-state index is 0.0556. The van der Waals surface area contributed by atoms with E-state index in [1.807, 2.05) is 29.8 Å². The molecular weight excluding hydrogens is 376 g/mol. The maximum atomic E-state index is 12.3. The number of nitrogens with one attached hydrogen (secondary N) is 2. The first-order chi connectivity index (χ1) is 13.3. The van der Waals surface area contributed by atoms with Gasteiger partial charge in [-0.3, -0.25) is 4.79 Å². The van der Waals surface area contributed by atoms with Crippen molar-refractivity contribution in [2.75, 3.05) is 11.1 Å². The van der Waals surface area contributed by atoms with Gasteiger partial charge in [0.15, 0.2) is 0 Å². The number of aryl methyl sites for hydroxylation is 1. The number of hydrogen-bond donors (Lipinski definition) is 2. The van der Waals surface area contributed by atoms with Crippen LogP contribution in [0.1, 0.15) is 44.0 Å². The monoisotopic (exact) mass is 404 g/mol. The molecular formula is C20H28N4O3S. The molecule has 2 N–H and O–H groups in total. The Kier molecular flexibility index (Phi) is 6.51. The highest BCUT2D eigenvalue weighted by atomic mass is 32.2. The average molecular weight is 405 g/mol. The summed E-state index contributed by atoms with van der Waals surface area (Å²) in [5.41, 5.74) is 1.65. The second-order valence-electron chi connectivity index (χ2n) is 7.68. The zero-order valence-corrected chi connectivity index (χ0v) is 17.2. The lowest BCUT2D eigenvalue weighted by Crippen LogP contribution is -2.41. The molecule has 1 fully saturated rings. The molecule has 8 heteroatoms. The molecule has 0 unspecified atom stereocenters. The summed E-state index contributed by atoms with van der Waals surface area (Å²) < 4.78 is 29.2. The van der Waals surface area contributed by atoms with Crippen LogP contribution in [0.4, 0.5) is 5.69 Å². The van der Waals surface area contributed by atoms with Gasteiger partial charge in [0, 0.05) is 30.7 Å². The molecule has 0 bridgehead atoms. The Balaban J connectivity index is 1.50. The van der Waals surface area contributed by atoms with Crippen LogP contribution in [-0.2, 0) is 21.4 Å². The Labute approximate surface area is 166 Å². The molecule has 0 spiro atoms. The van der Waals surface area contributed by atoms with E-state index >= 15 is 0 Å². The van der Waals surface area contributed by atoms with E-state index in [4.69, 9.17) is 0 Å². The van der Waals surface area contributed by atoms with Crippen molar-refractivity contribution in [1.29, 1.82) is 0 Å². The predicted octanol–water partition coefficient (Wildman–Crippen LogP) is 2.68. The van der Waals surface area contributed by atoms with Gasteiger partial charge in [0.05, 0.1) is 0 Å². The Bertz CT molecular complexity index is 898. The average Bonchev–Trinajstić information content (AvgIpc) is 3.03. The lowest BCUT2D eigenvalue weighted by Gasteiger charge is -2.26. The van der Waals surface area contributed by atoms with E-state index in [0.29, 0.717) is 18.2 Å². The maximum Gasteiger partial charge on any atom is 0.240 e. The number of imidazole rings is 1. The predicted molar refractivity (Wildman–Crippen MR) is 109 cm³/mol. The number of nitrogens with zero attached hydrogens (tertiary/aromatic N) is 2. The molecule has 1 heterocycles. The fourth-order valence-corrected chi connectivity index (χ4v) is 4.75. The summed E-state index contributed by atoms with van der Waals surface area (Å²) in [6.45, 7) is 4.81. The second kappa shape index (κ2) is 8.87. The van der Waals surface area contributed by atoms with E-state index in [0.717, 1.165) is 37.1 Å². The van der Waals surface area contributed by atoms with Gasteiger partial charge in [0.1, 0.15) is 11.6 Å². The number of aromatic nitrogens is 2. The number of sulfonamides is 1. The van der Waals surface area contributed by atoms with E-state index in [9.17, 15) is 13.2 Å². The maximum absolute atomic E-state index is 12.3. The Morgan fingerprint density at radius 1 is 1.18 bits per heavy atom. The fraction of sp³-hybridized carbons (Fsp3) is 0.500. The van der Waals surface area contributed by atoms with Crippen molar-refractivity contribution in [2.45, 2.75) is 52.1 Å².